The van der Waals surface area contributed by atoms with Gasteiger partial charge in [0.1, 0.15) is 5.54 Å². The van der Waals surface area contributed by atoms with Gasteiger partial charge < -0.3 is 19.9 Å². The van der Waals surface area contributed by atoms with Crippen LogP contribution in [0.1, 0.15) is 35.3 Å². The van der Waals surface area contributed by atoms with E-state index in [-0.39, 0.29) is 24.8 Å². The molecule has 1 unspecified atom stereocenters. The number of carbonyl (C=O) groups excluding carboxylic acids is 1. The van der Waals surface area contributed by atoms with Gasteiger partial charge in [0.2, 0.25) is 0 Å². The van der Waals surface area contributed by atoms with Gasteiger partial charge in [-0.05, 0) is 36.2 Å². The number of nitrogens with one attached hydrogen (secondary N) is 1. The van der Waals surface area contributed by atoms with E-state index in [0.717, 1.165) is 4.90 Å². The maximum absolute atomic E-state index is 13.2. The summed E-state index contributed by atoms with van der Waals surface area (Å²) < 4.78 is 90.2. The molecule has 192 valence electrons. The number of carbonyl (C=O) groups is 1. The highest BCUT2D eigenvalue weighted by Crippen LogP contribution is 2.39. The quantitative estimate of drug-likeness (QED) is 0.510. The molecule has 6 nitrogen and oxygen atoms in total. The number of nitrogens with zero attached hydrogens (tertiary/aromatic N) is 1. The second-order valence-corrected chi connectivity index (χ2v) is 8.12. The first kappa shape index (κ1) is 26.8. The van der Waals surface area contributed by atoms with Crippen LogP contribution in [0, 0.1) is 0 Å². The van der Waals surface area contributed by atoms with Crippen molar-refractivity contribution in [1.82, 2.24) is 10.2 Å². The highest BCUT2D eigenvalue weighted by Gasteiger charge is 2.52. The number of halogens is 6. The molecular weight excluding hydrogens is 482 g/mol. The molecule has 0 aliphatic carbocycles. The van der Waals surface area contributed by atoms with Crippen molar-refractivity contribution in [3.8, 4) is 0 Å². The van der Waals surface area contributed by atoms with Crippen molar-refractivity contribution in [2.45, 2.75) is 37.1 Å². The maximum Gasteiger partial charge on any atom is 0.416 e. The maximum atomic E-state index is 13.2. The van der Waals surface area contributed by atoms with E-state index in [1.807, 2.05) is 0 Å². The first-order valence-corrected chi connectivity index (χ1v) is 10.5. The van der Waals surface area contributed by atoms with Crippen molar-refractivity contribution >= 4 is 6.03 Å². The van der Waals surface area contributed by atoms with E-state index in [1.54, 1.807) is 30.3 Å². The summed E-state index contributed by atoms with van der Waals surface area (Å²) in [6, 6.07) is 8.82. The Labute approximate surface area is 197 Å². The molecule has 0 bridgehead atoms. The van der Waals surface area contributed by atoms with Gasteiger partial charge in [-0.25, -0.2) is 4.79 Å². The predicted molar refractivity (Wildman–Crippen MR) is 112 cm³/mol. The predicted octanol–water partition coefficient (Wildman–Crippen LogP) is 4.69. The molecule has 3 atom stereocenters. The number of benzene rings is 2. The molecule has 0 spiro atoms. The zero-order chi connectivity index (χ0) is 26.0. The molecule has 1 saturated heterocycles. The Morgan fingerprint density at radius 2 is 1.63 bits per heavy atom. The first-order valence-electron chi connectivity index (χ1n) is 10.5. The number of hydrogen-bond acceptors (Lipinski definition) is 4. The minimum Gasteiger partial charge on any atom is -0.383 e. The number of methoxy groups -OCH3 is 1. The summed E-state index contributed by atoms with van der Waals surface area (Å²) in [6.45, 7) is 1.01. The van der Waals surface area contributed by atoms with E-state index < -0.39 is 54.0 Å². The largest absolute Gasteiger partial charge is 0.416 e. The van der Waals surface area contributed by atoms with Crippen LogP contribution in [0.4, 0.5) is 31.1 Å². The van der Waals surface area contributed by atoms with Crippen LogP contribution >= 0.6 is 0 Å². The van der Waals surface area contributed by atoms with Gasteiger partial charge in [-0.3, -0.25) is 4.90 Å². The summed E-state index contributed by atoms with van der Waals surface area (Å²) in [5.41, 5.74) is -4.38. The average Bonchev–Trinajstić information content (AvgIpc) is 3.05. The number of aliphatic hydroxyl groups is 1. The fraction of sp³-hybridized carbons (Fsp3) is 0.435. The fourth-order valence-electron chi connectivity index (χ4n) is 3.83. The summed E-state index contributed by atoms with van der Waals surface area (Å²) >= 11 is 0. The van der Waals surface area contributed by atoms with Crippen molar-refractivity contribution in [1.29, 1.82) is 0 Å². The molecule has 2 amide bonds. The van der Waals surface area contributed by atoms with E-state index >= 15 is 0 Å². The lowest BCUT2D eigenvalue weighted by molar-refractivity contribution is -0.143. The van der Waals surface area contributed by atoms with Crippen molar-refractivity contribution in [2.75, 3.05) is 26.9 Å². The van der Waals surface area contributed by atoms with Crippen LogP contribution in [-0.4, -0.2) is 49.1 Å². The van der Waals surface area contributed by atoms with E-state index in [4.69, 9.17) is 9.47 Å². The normalized spacial score (nSPS) is 21.8. The summed E-state index contributed by atoms with van der Waals surface area (Å²) in [7, 11) is 1.42. The number of alkyl halides is 6. The summed E-state index contributed by atoms with van der Waals surface area (Å²) in [4.78, 5) is 13.7. The van der Waals surface area contributed by atoms with E-state index in [2.05, 4.69) is 5.32 Å². The van der Waals surface area contributed by atoms with Crippen molar-refractivity contribution in [3.63, 3.8) is 0 Å². The SMILES string of the molecule is COCCN1C(=O)N[C@](CO[C@H](C)c2cc(C(F)(F)F)cc(C(F)(F)F)c2)(c2ccccc2)C1O. The highest BCUT2D eigenvalue weighted by atomic mass is 19.4. The van der Waals surface area contributed by atoms with Crippen molar-refractivity contribution < 1.29 is 45.7 Å². The Hall–Kier alpha value is -2.83. The van der Waals surface area contributed by atoms with Crippen LogP contribution in [0.3, 0.4) is 0 Å². The van der Waals surface area contributed by atoms with Crippen LogP contribution < -0.4 is 5.32 Å². The van der Waals surface area contributed by atoms with E-state index in [0.29, 0.717) is 17.7 Å². The van der Waals surface area contributed by atoms with Crippen LogP contribution in [0.5, 0.6) is 0 Å². The molecule has 1 aliphatic heterocycles. The molecule has 1 aliphatic rings. The van der Waals surface area contributed by atoms with Gasteiger partial charge in [0.15, 0.2) is 6.23 Å². The van der Waals surface area contributed by atoms with Gasteiger partial charge >= 0.3 is 18.4 Å². The summed E-state index contributed by atoms with van der Waals surface area (Å²) in [5.74, 6) is 0. The Morgan fingerprint density at radius 3 is 2.14 bits per heavy atom. The lowest BCUT2D eigenvalue weighted by atomic mass is 9.89. The Bertz CT molecular complexity index is 999. The molecular formula is C23H24F6N2O4. The van der Waals surface area contributed by atoms with Gasteiger partial charge in [0.25, 0.3) is 0 Å². The molecule has 3 rings (SSSR count). The second-order valence-electron chi connectivity index (χ2n) is 8.12. The number of rotatable bonds is 8. The molecule has 0 aromatic heterocycles. The van der Waals surface area contributed by atoms with Gasteiger partial charge in [-0.2, -0.15) is 26.3 Å². The van der Waals surface area contributed by atoms with Crippen molar-refractivity contribution in [2.24, 2.45) is 0 Å². The lowest BCUT2D eigenvalue weighted by Gasteiger charge is -2.34. The van der Waals surface area contributed by atoms with E-state index in [9.17, 15) is 36.2 Å². The molecule has 12 heteroatoms. The molecule has 2 aromatic carbocycles. The Morgan fingerprint density at radius 1 is 1.06 bits per heavy atom. The minimum atomic E-state index is -5.00. The number of aliphatic hydroxyl groups excluding tert-OH is 1. The third-order valence-corrected chi connectivity index (χ3v) is 5.79. The van der Waals surface area contributed by atoms with E-state index in [1.165, 1.54) is 14.0 Å². The number of amides is 2. The molecule has 1 fully saturated rings. The molecule has 0 saturated carbocycles. The standard InChI is InChI=1S/C23H24F6N2O4/c1-14(15-10-17(22(24,25)26)12-18(11-15)23(27,28)29)35-13-21(16-6-4-3-5-7-16)19(32)31(8-9-34-2)20(33)30-21/h3-7,10-12,14,19,32H,8-9,13H2,1-2H3,(H,30,33)/t14-,19?,21-/m1/s1. The highest BCUT2D eigenvalue weighted by molar-refractivity contribution is 5.79. The van der Waals surface area contributed by atoms with Crippen LogP contribution in [0.2, 0.25) is 0 Å². The van der Waals surface area contributed by atoms with Gasteiger partial charge in [-0.1, -0.05) is 30.3 Å². The Kier molecular flexibility index (Phi) is 7.68. The number of urea groups is 1. The van der Waals surface area contributed by atoms with Gasteiger partial charge in [0.05, 0.1) is 30.4 Å². The average molecular weight is 506 g/mol. The summed E-state index contributed by atoms with van der Waals surface area (Å²) in [6.07, 6.45) is -12.7. The Balaban J connectivity index is 1.94. The monoisotopic (exact) mass is 506 g/mol. The molecule has 2 N–H and O–H groups in total. The zero-order valence-corrected chi connectivity index (χ0v) is 18.8. The van der Waals surface area contributed by atoms with Gasteiger partial charge in [-0.15, -0.1) is 0 Å². The second kappa shape index (κ2) is 10.0. The number of hydrogen-bond donors (Lipinski definition) is 2. The lowest BCUT2D eigenvalue weighted by Crippen LogP contribution is -2.51. The van der Waals surface area contributed by atoms with Crippen molar-refractivity contribution in [3.05, 3.63) is 70.8 Å². The molecule has 0 radical (unpaired) electrons. The number of ether oxygens (including phenoxy) is 2. The smallest absolute Gasteiger partial charge is 0.383 e. The zero-order valence-electron chi connectivity index (χ0n) is 18.8. The third-order valence-electron chi connectivity index (χ3n) is 5.79. The fourth-order valence-corrected chi connectivity index (χ4v) is 3.83. The molecule has 35 heavy (non-hydrogen) atoms. The third kappa shape index (κ3) is 5.71. The first-order chi connectivity index (χ1) is 16.3. The summed E-state index contributed by atoms with van der Waals surface area (Å²) in [5, 5.41) is 13.7. The molecule has 1 heterocycles. The van der Waals surface area contributed by atoms with Crippen LogP contribution in [0.25, 0.3) is 0 Å². The molecule has 2 aromatic rings. The topological polar surface area (TPSA) is 71.0 Å². The van der Waals surface area contributed by atoms with Crippen LogP contribution in [-0.2, 0) is 27.4 Å². The van der Waals surface area contributed by atoms with Gasteiger partial charge in [0, 0.05) is 13.7 Å². The minimum absolute atomic E-state index is 0.0379. The van der Waals surface area contributed by atoms with Crippen LogP contribution in [0.15, 0.2) is 48.5 Å².